The Morgan fingerprint density at radius 1 is 1.29 bits per heavy atom. The van der Waals surface area contributed by atoms with E-state index in [1.165, 1.54) is 0 Å². The highest BCUT2D eigenvalue weighted by Gasteiger charge is 2.50. The molecule has 0 spiro atoms. The normalized spacial score (nSPS) is 26.7. The van der Waals surface area contributed by atoms with Crippen LogP contribution in [0.2, 0.25) is 0 Å². The van der Waals surface area contributed by atoms with Gasteiger partial charge in [-0.2, -0.15) is 0 Å². The fourth-order valence-corrected chi connectivity index (χ4v) is 4.24. The number of hydrogen-bond acceptors (Lipinski definition) is 4. The minimum Gasteiger partial charge on any atom is -0.358 e. The molecule has 2 aliphatic heterocycles. The number of aryl methyl sites for hydroxylation is 1. The number of nitrogens with zero attached hydrogens (tertiary/aromatic N) is 3. The fourth-order valence-electron chi connectivity index (χ4n) is 4.24. The highest BCUT2D eigenvalue weighted by Crippen LogP contribution is 2.37. The molecule has 3 atom stereocenters. The van der Waals surface area contributed by atoms with E-state index < -0.39 is 0 Å². The molecule has 3 heterocycles. The van der Waals surface area contributed by atoms with E-state index >= 15 is 0 Å². The van der Waals surface area contributed by atoms with Gasteiger partial charge in [-0.1, -0.05) is 0 Å². The van der Waals surface area contributed by atoms with Crippen LogP contribution < -0.4 is 5.32 Å². The highest BCUT2D eigenvalue weighted by atomic mass is 16.2. The van der Waals surface area contributed by atoms with E-state index in [1.807, 2.05) is 17.9 Å². The van der Waals surface area contributed by atoms with Gasteiger partial charge in [-0.25, -0.2) is 0 Å². The minimum absolute atomic E-state index is 0.0424. The molecule has 0 saturated carbocycles. The number of hydrogen-bond donors (Lipinski definition) is 1. The number of rotatable bonds is 3. The molecule has 1 N–H and O–H groups in total. The molecule has 2 saturated heterocycles. The van der Waals surface area contributed by atoms with Crippen molar-refractivity contribution in [3.05, 3.63) is 29.6 Å². The van der Waals surface area contributed by atoms with E-state index in [-0.39, 0.29) is 29.9 Å². The maximum absolute atomic E-state index is 12.8. The number of carbonyl (C=O) groups is 2. The molecule has 6 nitrogen and oxygen atoms in total. The van der Waals surface area contributed by atoms with Crippen molar-refractivity contribution in [1.82, 2.24) is 20.1 Å². The van der Waals surface area contributed by atoms with Gasteiger partial charge in [-0.3, -0.25) is 19.5 Å². The third kappa shape index (κ3) is 2.90. The van der Waals surface area contributed by atoms with Gasteiger partial charge in [0.05, 0.1) is 11.6 Å². The van der Waals surface area contributed by atoms with Crippen LogP contribution >= 0.6 is 0 Å². The minimum atomic E-state index is -0.0807. The van der Waals surface area contributed by atoms with E-state index in [2.05, 4.69) is 29.0 Å². The summed E-state index contributed by atoms with van der Waals surface area (Å²) in [6.07, 6.45) is 4.21. The van der Waals surface area contributed by atoms with Crippen LogP contribution in [-0.4, -0.2) is 64.9 Å². The predicted molar refractivity (Wildman–Crippen MR) is 91.6 cm³/mol. The Kier molecular flexibility index (Phi) is 4.58. The van der Waals surface area contributed by atoms with Gasteiger partial charge < -0.3 is 10.2 Å². The van der Waals surface area contributed by atoms with Gasteiger partial charge in [0.15, 0.2) is 0 Å². The molecule has 2 fully saturated rings. The Hall–Kier alpha value is -1.95. The first kappa shape index (κ1) is 16.9. The molecule has 0 radical (unpaired) electrons. The zero-order chi connectivity index (χ0) is 17.4. The second-order valence-electron chi connectivity index (χ2n) is 7.20. The number of likely N-dealkylation sites (N-methyl/N-ethyl adjacent to an activating group) is 1. The molecule has 2 amide bonds. The first-order valence-electron chi connectivity index (χ1n) is 8.62. The van der Waals surface area contributed by atoms with Crippen LogP contribution in [0.4, 0.5) is 0 Å². The SMILES string of the molecule is CNC(=O)[C@H]1C[C@@H]2CN(C(=O)c3cncc(C)c3)C[C@@H]2N1C(C)C. The number of aromatic nitrogens is 1. The number of likely N-dealkylation sites (tertiary alicyclic amines) is 2. The lowest BCUT2D eigenvalue weighted by atomic mass is 10.0. The Morgan fingerprint density at radius 2 is 2.04 bits per heavy atom. The third-order valence-corrected chi connectivity index (χ3v) is 5.23. The van der Waals surface area contributed by atoms with Crippen molar-refractivity contribution in [3.8, 4) is 0 Å². The van der Waals surface area contributed by atoms with Crippen LogP contribution in [0.1, 0.15) is 36.2 Å². The van der Waals surface area contributed by atoms with Gasteiger partial charge in [-0.15, -0.1) is 0 Å². The van der Waals surface area contributed by atoms with Gasteiger partial charge in [0.25, 0.3) is 5.91 Å². The molecule has 24 heavy (non-hydrogen) atoms. The lowest BCUT2D eigenvalue weighted by Gasteiger charge is -2.33. The van der Waals surface area contributed by atoms with Gasteiger partial charge in [0.1, 0.15) is 0 Å². The van der Waals surface area contributed by atoms with Crippen LogP contribution in [0, 0.1) is 12.8 Å². The van der Waals surface area contributed by atoms with Crippen molar-refractivity contribution in [2.24, 2.45) is 5.92 Å². The number of amides is 2. The van der Waals surface area contributed by atoms with Gasteiger partial charge in [-0.05, 0) is 44.7 Å². The summed E-state index contributed by atoms with van der Waals surface area (Å²) in [6.45, 7) is 7.58. The Balaban J connectivity index is 1.76. The second kappa shape index (κ2) is 6.51. The Bertz CT molecular complexity index is 646. The van der Waals surface area contributed by atoms with Crippen molar-refractivity contribution in [1.29, 1.82) is 0 Å². The highest BCUT2D eigenvalue weighted by molar-refractivity contribution is 5.94. The summed E-state index contributed by atoms with van der Waals surface area (Å²) in [5, 5.41) is 2.78. The standard InChI is InChI=1S/C18H26N4O2/c1-11(2)22-15(17(23)19-4)6-14-9-21(10-16(14)22)18(24)13-5-12(3)7-20-8-13/h5,7-8,11,14-16H,6,9-10H2,1-4H3,(H,19,23)/t14-,15-,16+/m1/s1. The summed E-state index contributed by atoms with van der Waals surface area (Å²) >= 11 is 0. The molecule has 0 unspecified atom stereocenters. The number of carbonyl (C=O) groups excluding carboxylic acids is 2. The van der Waals surface area contributed by atoms with E-state index in [0.717, 1.165) is 12.0 Å². The average Bonchev–Trinajstić information content (AvgIpc) is 3.10. The van der Waals surface area contributed by atoms with Crippen molar-refractivity contribution in [2.75, 3.05) is 20.1 Å². The van der Waals surface area contributed by atoms with Crippen molar-refractivity contribution < 1.29 is 9.59 Å². The first-order valence-corrected chi connectivity index (χ1v) is 8.62. The molecule has 130 valence electrons. The zero-order valence-corrected chi connectivity index (χ0v) is 14.8. The van der Waals surface area contributed by atoms with E-state index in [1.54, 1.807) is 19.4 Å². The van der Waals surface area contributed by atoms with Gasteiger partial charge in [0.2, 0.25) is 5.91 Å². The monoisotopic (exact) mass is 330 g/mol. The number of fused-ring (bicyclic) bond motifs is 1. The molecule has 0 aromatic carbocycles. The van der Waals surface area contributed by atoms with Crippen molar-refractivity contribution >= 4 is 11.8 Å². The molecule has 0 aliphatic carbocycles. The molecule has 6 heteroatoms. The summed E-state index contributed by atoms with van der Waals surface area (Å²) in [5.41, 5.74) is 1.64. The average molecular weight is 330 g/mol. The van der Waals surface area contributed by atoms with Crippen LogP contribution in [0.5, 0.6) is 0 Å². The zero-order valence-electron chi connectivity index (χ0n) is 14.8. The quantitative estimate of drug-likeness (QED) is 0.900. The van der Waals surface area contributed by atoms with Crippen LogP contribution in [-0.2, 0) is 4.79 Å². The van der Waals surface area contributed by atoms with Crippen molar-refractivity contribution in [3.63, 3.8) is 0 Å². The number of nitrogens with one attached hydrogen (secondary N) is 1. The molecular weight excluding hydrogens is 304 g/mol. The van der Waals surface area contributed by atoms with Crippen LogP contribution in [0.25, 0.3) is 0 Å². The lowest BCUT2D eigenvalue weighted by Crippen LogP contribution is -2.50. The first-order chi connectivity index (χ1) is 11.4. The Morgan fingerprint density at radius 3 is 2.67 bits per heavy atom. The summed E-state index contributed by atoms with van der Waals surface area (Å²) in [5.74, 6) is 0.482. The lowest BCUT2D eigenvalue weighted by molar-refractivity contribution is -0.126. The summed E-state index contributed by atoms with van der Waals surface area (Å²) < 4.78 is 0. The smallest absolute Gasteiger partial charge is 0.255 e. The second-order valence-corrected chi connectivity index (χ2v) is 7.20. The predicted octanol–water partition coefficient (Wildman–Crippen LogP) is 1.06. The van der Waals surface area contributed by atoms with Gasteiger partial charge >= 0.3 is 0 Å². The van der Waals surface area contributed by atoms with Crippen LogP contribution in [0.15, 0.2) is 18.5 Å². The van der Waals surface area contributed by atoms with Crippen molar-refractivity contribution in [2.45, 2.75) is 45.3 Å². The van der Waals surface area contributed by atoms with Gasteiger partial charge in [0, 0.05) is 44.6 Å². The van der Waals surface area contributed by atoms with E-state index in [0.29, 0.717) is 24.6 Å². The van der Waals surface area contributed by atoms with Crippen LogP contribution in [0.3, 0.4) is 0 Å². The molecule has 3 rings (SSSR count). The largest absolute Gasteiger partial charge is 0.358 e. The Labute approximate surface area is 143 Å². The molecular formula is C18H26N4O2. The molecule has 2 aliphatic rings. The topological polar surface area (TPSA) is 65.5 Å². The molecule has 1 aromatic heterocycles. The summed E-state index contributed by atoms with van der Waals surface area (Å²) in [4.78, 5) is 33.3. The fraction of sp³-hybridized carbons (Fsp3) is 0.611. The molecule has 0 bridgehead atoms. The summed E-state index contributed by atoms with van der Waals surface area (Å²) in [7, 11) is 1.69. The maximum Gasteiger partial charge on any atom is 0.255 e. The number of pyridine rings is 1. The maximum atomic E-state index is 12.8. The third-order valence-electron chi connectivity index (χ3n) is 5.23. The summed E-state index contributed by atoms with van der Waals surface area (Å²) in [6, 6.07) is 2.34. The van der Waals surface area contributed by atoms with E-state index in [4.69, 9.17) is 0 Å². The van der Waals surface area contributed by atoms with E-state index in [9.17, 15) is 9.59 Å². The molecule has 1 aromatic rings.